The monoisotopic (exact) mass is 396 g/mol. The molecule has 0 fully saturated rings. The van der Waals surface area contributed by atoms with Crippen LogP contribution < -0.4 is 18.9 Å². The maximum absolute atomic E-state index is 5.88. The lowest BCUT2D eigenvalue weighted by Crippen LogP contribution is -2.03. The summed E-state index contributed by atoms with van der Waals surface area (Å²) < 4.78 is 23.5. The highest BCUT2D eigenvalue weighted by Crippen LogP contribution is 2.33. The van der Waals surface area contributed by atoms with E-state index in [0.717, 1.165) is 101 Å². The maximum atomic E-state index is 5.88. The lowest BCUT2D eigenvalue weighted by atomic mass is 10.2. The molecule has 0 atom stereocenters. The van der Waals surface area contributed by atoms with Gasteiger partial charge >= 0.3 is 0 Å². The first-order chi connectivity index (χ1) is 12.9. The van der Waals surface area contributed by atoms with Gasteiger partial charge in [0.15, 0.2) is 23.0 Å². The molecule has 26 heavy (non-hydrogen) atoms. The van der Waals surface area contributed by atoms with Crippen LogP contribution in [-0.2, 0) is 0 Å². The topological polar surface area (TPSA) is 36.9 Å². The van der Waals surface area contributed by atoms with Gasteiger partial charge in [-0.2, -0.15) is 0 Å². The molecule has 0 aliphatic carbocycles. The van der Waals surface area contributed by atoms with Crippen molar-refractivity contribution in [1.82, 2.24) is 0 Å². The molecule has 2 aromatic heterocycles. The SMILES string of the molecule is c1scc2c1OCCCCCCOc1cscc1OCCCCCCO2. The Labute approximate surface area is 164 Å². The van der Waals surface area contributed by atoms with Gasteiger partial charge in [-0.25, -0.2) is 0 Å². The number of thiophene rings is 2. The zero-order chi connectivity index (χ0) is 17.9. The molecule has 0 aromatic carbocycles. The molecule has 0 radical (unpaired) electrons. The van der Waals surface area contributed by atoms with Crippen molar-refractivity contribution in [2.24, 2.45) is 0 Å². The zero-order valence-corrected chi connectivity index (χ0v) is 16.9. The van der Waals surface area contributed by atoms with E-state index < -0.39 is 0 Å². The summed E-state index contributed by atoms with van der Waals surface area (Å²) in [5.41, 5.74) is 0. The van der Waals surface area contributed by atoms with Crippen molar-refractivity contribution in [2.45, 2.75) is 51.4 Å². The largest absolute Gasteiger partial charge is 0.489 e. The smallest absolute Gasteiger partial charge is 0.171 e. The van der Waals surface area contributed by atoms with E-state index in [9.17, 15) is 0 Å². The van der Waals surface area contributed by atoms with E-state index in [1.54, 1.807) is 22.7 Å². The third-order valence-electron chi connectivity index (χ3n) is 4.29. The second kappa shape index (κ2) is 11.3. The summed E-state index contributed by atoms with van der Waals surface area (Å²) in [5, 5.41) is 8.13. The van der Waals surface area contributed by atoms with Crippen LogP contribution in [-0.4, -0.2) is 26.4 Å². The maximum Gasteiger partial charge on any atom is 0.171 e. The average Bonchev–Trinajstić information content (AvgIpc) is 3.28. The Morgan fingerprint density at radius 1 is 0.423 bits per heavy atom. The van der Waals surface area contributed by atoms with E-state index in [1.807, 2.05) is 21.5 Å². The van der Waals surface area contributed by atoms with Crippen LogP contribution in [0, 0.1) is 0 Å². The molecule has 1 aliphatic heterocycles. The summed E-state index contributed by atoms with van der Waals surface area (Å²) in [6.07, 6.45) is 8.83. The predicted molar refractivity (Wildman–Crippen MR) is 108 cm³/mol. The normalized spacial score (nSPS) is 18.2. The van der Waals surface area contributed by atoms with Gasteiger partial charge in [0.05, 0.1) is 26.4 Å². The summed E-state index contributed by atoms with van der Waals surface area (Å²) in [5.74, 6) is 3.58. The summed E-state index contributed by atoms with van der Waals surface area (Å²) in [6, 6.07) is 0. The molecule has 0 saturated heterocycles. The molecule has 3 heterocycles. The quantitative estimate of drug-likeness (QED) is 0.534. The number of hydrogen-bond acceptors (Lipinski definition) is 6. The Morgan fingerprint density at radius 3 is 0.962 bits per heavy atom. The molecule has 0 spiro atoms. The summed E-state index contributed by atoms with van der Waals surface area (Å²) in [6.45, 7) is 2.99. The fraction of sp³-hybridized carbons (Fsp3) is 0.600. The van der Waals surface area contributed by atoms with Crippen molar-refractivity contribution in [1.29, 1.82) is 0 Å². The van der Waals surface area contributed by atoms with Gasteiger partial charge < -0.3 is 18.9 Å². The van der Waals surface area contributed by atoms with Crippen LogP contribution in [0.25, 0.3) is 0 Å². The van der Waals surface area contributed by atoms with E-state index >= 15 is 0 Å². The fourth-order valence-corrected chi connectivity index (χ4v) is 4.18. The van der Waals surface area contributed by atoms with Crippen LogP contribution in [0.3, 0.4) is 0 Å². The van der Waals surface area contributed by atoms with E-state index in [-0.39, 0.29) is 0 Å². The highest BCUT2D eigenvalue weighted by molar-refractivity contribution is 7.08. The molecule has 0 saturated carbocycles. The Hall–Kier alpha value is -1.40. The van der Waals surface area contributed by atoms with Crippen molar-refractivity contribution < 1.29 is 18.9 Å². The van der Waals surface area contributed by atoms with Gasteiger partial charge in [0.1, 0.15) is 0 Å². The van der Waals surface area contributed by atoms with Gasteiger partial charge in [0.2, 0.25) is 0 Å². The molecular weight excluding hydrogens is 368 g/mol. The lowest BCUT2D eigenvalue weighted by molar-refractivity contribution is 0.246. The van der Waals surface area contributed by atoms with E-state index in [1.165, 1.54) is 0 Å². The molecule has 0 unspecified atom stereocenters. The number of rotatable bonds is 0. The van der Waals surface area contributed by atoms with Crippen molar-refractivity contribution in [3.63, 3.8) is 0 Å². The van der Waals surface area contributed by atoms with E-state index in [0.29, 0.717) is 0 Å². The predicted octanol–water partition coefficient (Wildman–Crippen LogP) is 6.16. The van der Waals surface area contributed by atoms with Gasteiger partial charge in [-0.05, 0) is 51.4 Å². The number of fused-ring (bicyclic) bond motifs is 2. The molecule has 144 valence electrons. The molecular formula is C20H28O4S2. The van der Waals surface area contributed by atoms with Gasteiger partial charge in [0, 0.05) is 21.5 Å². The minimum Gasteiger partial charge on any atom is -0.489 e. The summed E-state index contributed by atoms with van der Waals surface area (Å²) in [7, 11) is 0. The van der Waals surface area contributed by atoms with Crippen molar-refractivity contribution in [3.8, 4) is 23.0 Å². The van der Waals surface area contributed by atoms with Crippen LogP contribution in [0.15, 0.2) is 21.5 Å². The number of ether oxygens (including phenoxy) is 4. The fourth-order valence-electron chi connectivity index (χ4n) is 2.81. The summed E-state index contributed by atoms with van der Waals surface area (Å²) in [4.78, 5) is 0. The lowest BCUT2D eigenvalue weighted by Gasteiger charge is -2.11. The molecule has 3 rings (SSSR count). The van der Waals surface area contributed by atoms with Crippen LogP contribution in [0.5, 0.6) is 23.0 Å². The van der Waals surface area contributed by atoms with Crippen LogP contribution in [0.1, 0.15) is 51.4 Å². The average molecular weight is 397 g/mol. The Balaban J connectivity index is 1.47. The Kier molecular flexibility index (Phi) is 8.45. The first kappa shape index (κ1) is 19.4. The van der Waals surface area contributed by atoms with Gasteiger partial charge in [-0.1, -0.05) is 0 Å². The number of hydrogen-bond donors (Lipinski definition) is 0. The Bertz CT molecular complexity index is 520. The van der Waals surface area contributed by atoms with Crippen molar-refractivity contribution in [3.05, 3.63) is 21.5 Å². The first-order valence-electron chi connectivity index (χ1n) is 9.57. The first-order valence-corrected chi connectivity index (χ1v) is 11.5. The van der Waals surface area contributed by atoms with E-state index in [4.69, 9.17) is 18.9 Å². The van der Waals surface area contributed by atoms with Crippen molar-refractivity contribution in [2.75, 3.05) is 26.4 Å². The van der Waals surface area contributed by atoms with Gasteiger partial charge in [-0.3, -0.25) is 0 Å². The highest BCUT2D eigenvalue weighted by atomic mass is 32.1. The highest BCUT2D eigenvalue weighted by Gasteiger charge is 2.08. The molecule has 2 aromatic rings. The molecule has 6 heteroatoms. The zero-order valence-electron chi connectivity index (χ0n) is 15.2. The minimum atomic E-state index is 0.746. The molecule has 0 N–H and O–H groups in total. The van der Waals surface area contributed by atoms with Crippen molar-refractivity contribution >= 4 is 22.7 Å². The Morgan fingerprint density at radius 2 is 0.692 bits per heavy atom. The third kappa shape index (κ3) is 6.40. The molecule has 0 amide bonds. The van der Waals surface area contributed by atoms with Crippen LogP contribution in [0.2, 0.25) is 0 Å². The second-order valence-electron chi connectivity index (χ2n) is 6.42. The third-order valence-corrected chi connectivity index (χ3v) is 5.69. The van der Waals surface area contributed by atoms with E-state index in [2.05, 4.69) is 0 Å². The summed E-state index contributed by atoms with van der Waals surface area (Å²) >= 11 is 3.27. The molecule has 1 aliphatic rings. The standard InChI is InChI=1S/C20H28O4S2/c1-2-6-10-22-19-15-26-16-20(19)24-12-8-4-3-7-11-23-18-14-25-13-17(18)21-9-5-1/h13-16H,1-12H2. The minimum absolute atomic E-state index is 0.746. The molecule has 0 bridgehead atoms. The second-order valence-corrected chi connectivity index (χ2v) is 7.91. The van der Waals surface area contributed by atoms with Gasteiger partial charge in [0.25, 0.3) is 0 Å². The van der Waals surface area contributed by atoms with Crippen LogP contribution in [0.4, 0.5) is 0 Å². The molecule has 4 nitrogen and oxygen atoms in total. The van der Waals surface area contributed by atoms with Crippen LogP contribution >= 0.6 is 22.7 Å². The van der Waals surface area contributed by atoms with Gasteiger partial charge in [-0.15, -0.1) is 22.7 Å².